The Morgan fingerprint density at radius 1 is 1.27 bits per heavy atom. The van der Waals surface area contributed by atoms with Gasteiger partial charge in [0.25, 0.3) is 0 Å². The lowest BCUT2D eigenvalue weighted by Gasteiger charge is -2.18. The molecule has 0 radical (unpaired) electrons. The molecular weight excluding hydrogens is 314 g/mol. The van der Waals surface area contributed by atoms with Crippen LogP contribution in [0.3, 0.4) is 0 Å². The third kappa shape index (κ3) is 2.82. The first kappa shape index (κ1) is 14.6. The van der Waals surface area contributed by atoms with Crippen LogP contribution in [0, 0.1) is 11.3 Å². The average Bonchev–Trinajstić information content (AvgIpc) is 3.00. The molecule has 3 nitrogen and oxygen atoms in total. The molecule has 0 spiro atoms. The Bertz CT molecular complexity index is 822. The standard InChI is InChI=1S/C17H12ClN3S/c1-21-9-3-2-4-15(21)14(10-19)17-20-11-16(22-17)12-5-7-13(18)8-6-12/h2-9,11H,1H3. The van der Waals surface area contributed by atoms with Crippen LogP contribution in [0.5, 0.6) is 0 Å². The van der Waals surface area contributed by atoms with Gasteiger partial charge < -0.3 is 4.90 Å². The van der Waals surface area contributed by atoms with Gasteiger partial charge in [-0.05, 0) is 29.8 Å². The van der Waals surface area contributed by atoms with Gasteiger partial charge in [0.15, 0.2) is 0 Å². The van der Waals surface area contributed by atoms with Crippen LogP contribution in [0.2, 0.25) is 5.02 Å². The molecule has 1 aliphatic rings. The third-order valence-corrected chi connectivity index (χ3v) is 4.59. The van der Waals surface area contributed by atoms with E-state index < -0.39 is 0 Å². The van der Waals surface area contributed by atoms with E-state index in [1.165, 1.54) is 11.3 Å². The number of aromatic nitrogens is 1. The number of rotatable bonds is 2. The van der Waals surface area contributed by atoms with E-state index in [0.29, 0.717) is 15.6 Å². The highest BCUT2D eigenvalue weighted by Gasteiger charge is 2.15. The lowest BCUT2D eigenvalue weighted by Crippen LogP contribution is -2.12. The van der Waals surface area contributed by atoms with Gasteiger partial charge in [0, 0.05) is 24.5 Å². The monoisotopic (exact) mass is 325 g/mol. The summed E-state index contributed by atoms with van der Waals surface area (Å²) < 4.78 is 0. The third-order valence-electron chi connectivity index (χ3n) is 3.27. The molecule has 0 aliphatic carbocycles. The first-order chi connectivity index (χ1) is 10.7. The summed E-state index contributed by atoms with van der Waals surface area (Å²) in [4.78, 5) is 7.35. The van der Waals surface area contributed by atoms with Crippen molar-refractivity contribution in [1.29, 1.82) is 5.26 Å². The molecule has 0 saturated carbocycles. The molecule has 0 bridgehead atoms. The van der Waals surface area contributed by atoms with Crippen LogP contribution in [0.1, 0.15) is 5.01 Å². The van der Waals surface area contributed by atoms with Crippen LogP contribution in [0.15, 0.2) is 60.6 Å². The molecule has 1 aromatic carbocycles. The van der Waals surface area contributed by atoms with Crippen molar-refractivity contribution in [3.8, 4) is 16.5 Å². The minimum absolute atomic E-state index is 0.577. The topological polar surface area (TPSA) is 39.9 Å². The van der Waals surface area contributed by atoms with Gasteiger partial charge in [-0.25, -0.2) is 4.98 Å². The van der Waals surface area contributed by atoms with E-state index in [4.69, 9.17) is 11.6 Å². The van der Waals surface area contributed by atoms with E-state index in [-0.39, 0.29) is 0 Å². The van der Waals surface area contributed by atoms with Gasteiger partial charge >= 0.3 is 0 Å². The number of nitrogens with zero attached hydrogens (tertiary/aromatic N) is 3. The summed E-state index contributed by atoms with van der Waals surface area (Å²) in [5.41, 5.74) is 2.47. The molecule has 0 unspecified atom stereocenters. The predicted molar refractivity (Wildman–Crippen MR) is 91.1 cm³/mol. The Morgan fingerprint density at radius 2 is 2.05 bits per heavy atom. The van der Waals surface area contributed by atoms with E-state index in [9.17, 15) is 5.26 Å². The predicted octanol–water partition coefficient (Wildman–Crippen LogP) is 4.71. The summed E-state index contributed by atoms with van der Waals surface area (Å²) in [6.07, 6.45) is 9.48. The number of likely N-dealkylation sites (N-methyl/N-ethyl adjacent to an activating group) is 1. The van der Waals surface area contributed by atoms with Crippen molar-refractivity contribution >= 4 is 28.5 Å². The van der Waals surface area contributed by atoms with E-state index in [1.54, 1.807) is 6.20 Å². The number of hydrogen-bond acceptors (Lipinski definition) is 4. The Kier molecular flexibility index (Phi) is 4.10. The van der Waals surface area contributed by atoms with Crippen molar-refractivity contribution in [2.24, 2.45) is 0 Å². The number of hydrogen-bond donors (Lipinski definition) is 0. The fourth-order valence-electron chi connectivity index (χ4n) is 2.14. The molecule has 108 valence electrons. The maximum absolute atomic E-state index is 9.52. The highest BCUT2D eigenvalue weighted by Crippen LogP contribution is 2.32. The van der Waals surface area contributed by atoms with Crippen molar-refractivity contribution in [2.45, 2.75) is 0 Å². The summed E-state index contributed by atoms with van der Waals surface area (Å²) in [6.45, 7) is 0. The Hall–Kier alpha value is -2.35. The normalized spacial score (nSPS) is 15.8. The van der Waals surface area contributed by atoms with Crippen LogP contribution in [-0.2, 0) is 0 Å². The van der Waals surface area contributed by atoms with E-state index in [2.05, 4.69) is 11.1 Å². The fraction of sp³-hybridized carbons (Fsp3) is 0.0588. The molecule has 0 saturated heterocycles. The maximum Gasteiger partial charge on any atom is 0.136 e. The Morgan fingerprint density at radius 3 is 2.73 bits per heavy atom. The summed E-state index contributed by atoms with van der Waals surface area (Å²) >= 11 is 7.41. The second-order valence-corrected chi connectivity index (χ2v) is 6.19. The molecule has 22 heavy (non-hydrogen) atoms. The first-order valence-electron chi connectivity index (χ1n) is 6.63. The molecule has 2 aromatic rings. The zero-order valence-corrected chi connectivity index (χ0v) is 13.4. The molecule has 1 aliphatic heterocycles. The van der Waals surface area contributed by atoms with Crippen molar-refractivity contribution in [1.82, 2.24) is 9.88 Å². The van der Waals surface area contributed by atoms with Gasteiger partial charge in [-0.3, -0.25) is 0 Å². The molecule has 1 aromatic heterocycles. The quantitative estimate of drug-likeness (QED) is 0.750. The SMILES string of the molecule is CN1C=CC=CC1=C(C#N)c1ncc(-c2ccc(Cl)cc2)s1. The summed E-state index contributed by atoms with van der Waals surface area (Å²) in [5.74, 6) is 0. The lowest BCUT2D eigenvalue weighted by molar-refractivity contribution is 0.587. The van der Waals surface area contributed by atoms with Crippen LogP contribution in [0.25, 0.3) is 16.0 Å². The first-order valence-corrected chi connectivity index (χ1v) is 7.82. The second kappa shape index (κ2) is 6.18. The minimum Gasteiger partial charge on any atom is -0.350 e. The van der Waals surface area contributed by atoms with Gasteiger partial charge in [0.1, 0.15) is 16.6 Å². The fourth-order valence-corrected chi connectivity index (χ4v) is 3.19. The van der Waals surface area contributed by atoms with Crippen LogP contribution < -0.4 is 0 Å². The van der Waals surface area contributed by atoms with E-state index >= 15 is 0 Å². The Balaban J connectivity index is 2.01. The van der Waals surface area contributed by atoms with Crippen molar-refractivity contribution in [2.75, 3.05) is 7.05 Å². The zero-order chi connectivity index (χ0) is 15.5. The number of allylic oxidation sites excluding steroid dienone is 4. The lowest BCUT2D eigenvalue weighted by atomic mass is 10.1. The molecule has 0 fully saturated rings. The highest BCUT2D eigenvalue weighted by molar-refractivity contribution is 7.16. The molecular formula is C17H12ClN3S. The zero-order valence-electron chi connectivity index (χ0n) is 11.8. The molecule has 0 amide bonds. The largest absolute Gasteiger partial charge is 0.350 e. The number of benzene rings is 1. The van der Waals surface area contributed by atoms with Crippen LogP contribution in [-0.4, -0.2) is 16.9 Å². The number of thiazole rings is 1. The van der Waals surface area contributed by atoms with Crippen molar-refractivity contribution < 1.29 is 0 Å². The smallest absolute Gasteiger partial charge is 0.136 e. The van der Waals surface area contributed by atoms with Crippen molar-refractivity contribution in [3.63, 3.8) is 0 Å². The van der Waals surface area contributed by atoms with Gasteiger partial charge in [-0.2, -0.15) is 5.26 Å². The van der Waals surface area contributed by atoms with Crippen LogP contribution in [0.4, 0.5) is 0 Å². The molecule has 0 atom stereocenters. The highest BCUT2D eigenvalue weighted by atomic mass is 35.5. The summed E-state index contributed by atoms with van der Waals surface area (Å²) in [5, 5.41) is 10.9. The van der Waals surface area contributed by atoms with Crippen molar-refractivity contribution in [3.05, 3.63) is 70.6 Å². The minimum atomic E-state index is 0.577. The number of nitriles is 1. The molecule has 2 heterocycles. The summed E-state index contributed by atoms with van der Waals surface area (Å²) in [7, 11) is 1.92. The van der Waals surface area contributed by atoms with E-state index in [1.807, 2.05) is 60.6 Å². The van der Waals surface area contributed by atoms with E-state index in [0.717, 1.165) is 16.1 Å². The van der Waals surface area contributed by atoms with Crippen LogP contribution >= 0.6 is 22.9 Å². The van der Waals surface area contributed by atoms with Gasteiger partial charge in [-0.1, -0.05) is 29.8 Å². The summed E-state index contributed by atoms with van der Waals surface area (Å²) in [6, 6.07) is 9.88. The molecule has 3 rings (SSSR count). The molecule has 0 N–H and O–H groups in total. The second-order valence-electron chi connectivity index (χ2n) is 4.72. The maximum atomic E-state index is 9.52. The average molecular weight is 326 g/mol. The number of halogens is 1. The van der Waals surface area contributed by atoms with Gasteiger partial charge in [0.05, 0.1) is 10.6 Å². The molecule has 5 heteroatoms. The Labute approximate surface area is 138 Å². The van der Waals surface area contributed by atoms with Gasteiger partial charge in [0.2, 0.25) is 0 Å². The van der Waals surface area contributed by atoms with Gasteiger partial charge in [-0.15, -0.1) is 11.3 Å².